The molecule has 0 radical (unpaired) electrons. The Labute approximate surface area is 89.5 Å². The van der Waals surface area contributed by atoms with Gasteiger partial charge in [0.15, 0.2) is 0 Å². The summed E-state index contributed by atoms with van der Waals surface area (Å²) in [5.41, 5.74) is 0. The van der Waals surface area contributed by atoms with Crippen LogP contribution in [0.3, 0.4) is 0 Å². The quantitative estimate of drug-likeness (QED) is 0.688. The molecule has 0 aliphatic heterocycles. The Bertz CT molecular complexity index is 322. The molecular weight excluding hydrogens is 194 g/mol. The van der Waals surface area contributed by atoms with Gasteiger partial charge in [-0.1, -0.05) is 13.3 Å². The van der Waals surface area contributed by atoms with Crippen LogP contribution in [0.25, 0.3) is 0 Å². The minimum absolute atomic E-state index is 0.213. The third kappa shape index (κ3) is 2.78. The monoisotopic (exact) mass is 211 g/mol. The van der Waals surface area contributed by atoms with E-state index in [1.165, 1.54) is 6.33 Å². The molecule has 0 N–H and O–H groups in total. The van der Waals surface area contributed by atoms with E-state index in [4.69, 9.17) is 4.74 Å². The van der Waals surface area contributed by atoms with Crippen molar-refractivity contribution in [3.05, 3.63) is 12.2 Å². The summed E-state index contributed by atoms with van der Waals surface area (Å²) in [6.45, 7) is 4.23. The summed E-state index contributed by atoms with van der Waals surface area (Å²) < 4.78 is 6.64. The number of nitrogens with zero attached hydrogens (tertiary/aromatic N) is 3. The highest BCUT2D eigenvalue weighted by molar-refractivity contribution is 5.77. The van der Waals surface area contributed by atoms with Crippen LogP contribution in [0.5, 0.6) is 0 Å². The highest BCUT2D eigenvalue weighted by Gasteiger charge is 2.25. The summed E-state index contributed by atoms with van der Waals surface area (Å²) in [6, 6.07) is 0. The Morgan fingerprint density at radius 3 is 2.80 bits per heavy atom. The molecule has 1 aromatic rings. The molecule has 1 heterocycles. The summed E-state index contributed by atoms with van der Waals surface area (Å²) in [6.07, 6.45) is 3.11. The van der Waals surface area contributed by atoms with Gasteiger partial charge in [-0.05, 0) is 13.3 Å². The van der Waals surface area contributed by atoms with Gasteiger partial charge in [0, 0.05) is 7.05 Å². The van der Waals surface area contributed by atoms with Crippen molar-refractivity contribution in [3.8, 4) is 0 Å². The van der Waals surface area contributed by atoms with Gasteiger partial charge >= 0.3 is 5.97 Å². The predicted molar refractivity (Wildman–Crippen MR) is 55.3 cm³/mol. The van der Waals surface area contributed by atoms with E-state index >= 15 is 0 Å². The van der Waals surface area contributed by atoms with Gasteiger partial charge in [-0.3, -0.25) is 9.48 Å². The predicted octanol–water partition coefficient (Wildman–Crippen LogP) is 1.26. The molecular formula is C10H17N3O2. The van der Waals surface area contributed by atoms with Crippen molar-refractivity contribution < 1.29 is 9.53 Å². The Kier molecular flexibility index (Phi) is 4.27. The molecule has 84 valence electrons. The lowest BCUT2D eigenvalue weighted by Gasteiger charge is -2.13. The third-order valence-electron chi connectivity index (χ3n) is 2.21. The number of esters is 1. The van der Waals surface area contributed by atoms with Crippen molar-refractivity contribution in [2.75, 3.05) is 6.61 Å². The molecule has 0 aliphatic rings. The molecule has 15 heavy (non-hydrogen) atoms. The van der Waals surface area contributed by atoms with Crippen LogP contribution in [0.4, 0.5) is 0 Å². The van der Waals surface area contributed by atoms with E-state index in [0.29, 0.717) is 12.4 Å². The maximum atomic E-state index is 11.7. The van der Waals surface area contributed by atoms with Crippen molar-refractivity contribution in [1.29, 1.82) is 0 Å². The Morgan fingerprint density at radius 1 is 1.60 bits per heavy atom. The number of hydrogen-bond donors (Lipinski definition) is 0. The summed E-state index contributed by atoms with van der Waals surface area (Å²) >= 11 is 0. The molecule has 5 nitrogen and oxygen atoms in total. The lowest BCUT2D eigenvalue weighted by atomic mass is 10.0. The van der Waals surface area contributed by atoms with Gasteiger partial charge in [-0.25, -0.2) is 4.98 Å². The first-order valence-electron chi connectivity index (χ1n) is 5.21. The third-order valence-corrected chi connectivity index (χ3v) is 2.21. The number of aryl methyl sites for hydroxylation is 1. The van der Waals surface area contributed by atoms with Crippen LogP contribution in [0, 0.1) is 0 Å². The lowest BCUT2D eigenvalue weighted by Crippen LogP contribution is -2.19. The smallest absolute Gasteiger partial charge is 0.316 e. The average molecular weight is 211 g/mol. The molecule has 0 spiro atoms. The molecule has 1 atom stereocenters. The maximum absolute atomic E-state index is 11.7. The van der Waals surface area contributed by atoms with Crippen molar-refractivity contribution >= 4 is 5.97 Å². The van der Waals surface area contributed by atoms with Crippen molar-refractivity contribution in [2.24, 2.45) is 7.05 Å². The minimum Gasteiger partial charge on any atom is -0.465 e. The molecule has 1 aromatic heterocycles. The number of aromatic nitrogens is 3. The van der Waals surface area contributed by atoms with Crippen LogP contribution in [0.1, 0.15) is 38.4 Å². The SMILES string of the molecule is CCCC(C(=O)OCC)c1ncnn1C. The van der Waals surface area contributed by atoms with Gasteiger partial charge in [0.1, 0.15) is 18.1 Å². The molecule has 0 aromatic carbocycles. The molecule has 0 bridgehead atoms. The fourth-order valence-electron chi connectivity index (χ4n) is 1.50. The van der Waals surface area contributed by atoms with Crippen LogP contribution in [-0.4, -0.2) is 27.3 Å². The zero-order chi connectivity index (χ0) is 11.3. The topological polar surface area (TPSA) is 57.0 Å². The summed E-state index contributed by atoms with van der Waals surface area (Å²) in [4.78, 5) is 15.8. The van der Waals surface area contributed by atoms with Gasteiger partial charge in [-0.2, -0.15) is 5.10 Å². The number of rotatable bonds is 5. The number of carbonyl (C=O) groups is 1. The second-order valence-electron chi connectivity index (χ2n) is 3.34. The second-order valence-corrected chi connectivity index (χ2v) is 3.34. The molecule has 5 heteroatoms. The molecule has 0 amide bonds. The second kappa shape index (κ2) is 5.48. The van der Waals surface area contributed by atoms with Crippen LogP contribution < -0.4 is 0 Å². The normalized spacial score (nSPS) is 12.5. The summed E-state index contributed by atoms with van der Waals surface area (Å²) in [5, 5.41) is 3.96. The van der Waals surface area contributed by atoms with Gasteiger partial charge in [0.2, 0.25) is 0 Å². The van der Waals surface area contributed by atoms with Crippen LogP contribution in [0.2, 0.25) is 0 Å². The molecule has 0 aliphatic carbocycles. The van der Waals surface area contributed by atoms with Crippen molar-refractivity contribution in [3.63, 3.8) is 0 Å². The first kappa shape index (κ1) is 11.7. The van der Waals surface area contributed by atoms with Gasteiger partial charge in [-0.15, -0.1) is 0 Å². The number of hydrogen-bond acceptors (Lipinski definition) is 4. The van der Waals surface area contributed by atoms with E-state index in [2.05, 4.69) is 10.1 Å². The average Bonchev–Trinajstić information content (AvgIpc) is 2.61. The first-order chi connectivity index (χ1) is 7.20. The minimum atomic E-state index is -0.289. The van der Waals surface area contributed by atoms with E-state index < -0.39 is 0 Å². The Balaban J connectivity index is 2.83. The van der Waals surface area contributed by atoms with E-state index in [1.807, 2.05) is 6.92 Å². The van der Waals surface area contributed by atoms with Crippen molar-refractivity contribution in [2.45, 2.75) is 32.6 Å². The number of carbonyl (C=O) groups excluding carboxylic acids is 1. The molecule has 0 saturated heterocycles. The fraction of sp³-hybridized carbons (Fsp3) is 0.700. The summed E-state index contributed by atoms with van der Waals surface area (Å²) in [5.74, 6) is 0.174. The fourth-order valence-corrected chi connectivity index (χ4v) is 1.50. The molecule has 1 rings (SSSR count). The first-order valence-corrected chi connectivity index (χ1v) is 5.21. The highest BCUT2D eigenvalue weighted by Crippen LogP contribution is 2.20. The van der Waals surface area contributed by atoms with Crippen molar-refractivity contribution in [1.82, 2.24) is 14.8 Å². The zero-order valence-corrected chi connectivity index (χ0v) is 9.43. The standard InChI is InChI=1S/C10H17N3O2/c1-4-6-8(10(14)15-5-2)9-11-7-12-13(9)3/h7-8H,4-6H2,1-3H3. The van der Waals surface area contributed by atoms with E-state index in [1.54, 1.807) is 18.7 Å². The number of ether oxygens (including phenoxy) is 1. The Hall–Kier alpha value is -1.39. The van der Waals surface area contributed by atoms with E-state index in [0.717, 1.165) is 12.8 Å². The van der Waals surface area contributed by atoms with E-state index in [9.17, 15) is 4.79 Å². The van der Waals surface area contributed by atoms with Gasteiger partial charge in [0.25, 0.3) is 0 Å². The highest BCUT2D eigenvalue weighted by atomic mass is 16.5. The molecule has 0 saturated carbocycles. The zero-order valence-electron chi connectivity index (χ0n) is 9.43. The lowest BCUT2D eigenvalue weighted by molar-refractivity contribution is -0.145. The van der Waals surface area contributed by atoms with Gasteiger partial charge in [0.05, 0.1) is 6.61 Å². The maximum Gasteiger partial charge on any atom is 0.316 e. The largest absolute Gasteiger partial charge is 0.465 e. The van der Waals surface area contributed by atoms with E-state index in [-0.39, 0.29) is 11.9 Å². The molecule has 1 unspecified atom stereocenters. The van der Waals surface area contributed by atoms with Crippen LogP contribution in [0.15, 0.2) is 6.33 Å². The summed E-state index contributed by atoms with van der Waals surface area (Å²) in [7, 11) is 1.78. The molecule has 0 fully saturated rings. The Morgan fingerprint density at radius 2 is 2.33 bits per heavy atom. The van der Waals surface area contributed by atoms with Crippen LogP contribution in [-0.2, 0) is 16.6 Å². The van der Waals surface area contributed by atoms with Gasteiger partial charge < -0.3 is 4.74 Å². The van der Waals surface area contributed by atoms with Crippen LogP contribution >= 0.6 is 0 Å².